The van der Waals surface area contributed by atoms with Gasteiger partial charge in [0.1, 0.15) is 0 Å². The number of nitrogens with one attached hydrogen (secondary N) is 1. The smallest absolute Gasteiger partial charge is 0.231 e. The first-order chi connectivity index (χ1) is 13.7. The standard InChI is InChI=1S/C22H34N2O4Si/c1-16(8-10-25-11-12-28-29(5,6)22(2,3)4)24-18-7-9-23-19-14-21-20(13-17(18)19)26-15-27-21/h7,9,13-14,16H,8,10-12,15H2,1-6H3,(H,23,24). The van der Waals surface area contributed by atoms with Crippen LogP contribution in [0.15, 0.2) is 24.4 Å². The molecule has 0 amide bonds. The zero-order valence-electron chi connectivity index (χ0n) is 18.5. The van der Waals surface area contributed by atoms with Crippen molar-refractivity contribution in [2.45, 2.75) is 58.3 Å². The number of nitrogens with zero attached hydrogens (tertiary/aromatic N) is 1. The lowest BCUT2D eigenvalue weighted by Gasteiger charge is -2.36. The maximum Gasteiger partial charge on any atom is 0.231 e. The molecule has 6 nitrogen and oxygen atoms in total. The van der Waals surface area contributed by atoms with E-state index >= 15 is 0 Å². The van der Waals surface area contributed by atoms with Crippen LogP contribution in [0, 0.1) is 0 Å². The van der Waals surface area contributed by atoms with Crippen molar-refractivity contribution in [3.63, 3.8) is 0 Å². The lowest BCUT2D eigenvalue weighted by Crippen LogP contribution is -2.41. The van der Waals surface area contributed by atoms with Crippen LogP contribution < -0.4 is 14.8 Å². The van der Waals surface area contributed by atoms with Crippen molar-refractivity contribution < 1.29 is 18.6 Å². The van der Waals surface area contributed by atoms with Crippen LogP contribution >= 0.6 is 0 Å². The Bertz CT molecular complexity index is 835. The average molecular weight is 419 g/mol. The first-order valence-electron chi connectivity index (χ1n) is 10.3. The minimum Gasteiger partial charge on any atom is -0.454 e. The summed E-state index contributed by atoms with van der Waals surface area (Å²) in [6.07, 6.45) is 2.72. The van der Waals surface area contributed by atoms with Gasteiger partial charge in [-0.1, -0.05) is 20.8 Å². The minimum absolute atomic E-state index is 0.232. The molecule has 29 heavy (non-hydrogen) atoms. The molecule has 0 aliphatic carbocycles. The summed E-state index contributed by atoms with van der Waals surface area (Å²) in [7, 11) is -1.69. The summed E-state index contributed by atoms with van der Waals surface area (Å²) in [5.41, 5.74) is 1.94. The van der Waals surface area contributed by atoms with Gasteiger partial charge in [-0.15, -0.1) is 0 Å². The van der Waals surface area contributed by atoms with Crippen LogP contribution in [0.1, 0.15) is 34.1 Å². The molecule has 1 aliphatic heterocycles. The molecule has 1 aliphatic rings. The quantitative estimate of drug-likeness (QED) is 0.446. The molecule has 1 N–H and O–H groups in total. The Morgan fingerprint density at radius 2 is 1.86 bits per heavy atom. The summed E-state index contributed by atoms with van der Waals surface area (Å²) < 4.78 is 22.9. The lowest BCUT2D eigenvalue weighted by molar-refractivity contribution is 0.0922. The normalized spacial score (nSPS) is 15.0. The molecule has 1 atom stereocenters. The van der Waals surface area contributed by atoms with E-state index in [-0.39, 0.29) is 17.9 Å². The lowest BCUT2D eigenvalue weighted by atomic mass is 10.1. The third kappa shape index (κ3) is 5.41. The van der Waals surface area contributed by atoms with Crippen molar-refractivity contribution in [2.75, 3.05) is 31.9 Å². The predicted molar refractivity (Wildman–Crippen MR) is 120 cm³/mol. The molecule has 2 aromatic rings. The van der Waals surface area contributed by atoms with Gasteiger partial charge in [-0.05, 0) is 43.6 Å². The summed E-state index contributed by atoms with van der Waals surface area (Å²) in [6, 6.07) is 6.19. The van der Waals surface area contributed by atoms with Gasteiger partial charge in [0.15, 0.2) is 19.8 Å². The first kappa shape index (κ1) is 21.9. The zero-order chi connectivity index (χ0) is 21.1. The molecule has 1 aromatic heterocycles. The van der Waals surface area contributed by atoms with Crippen LogP contribution in [0.5, 0.6) is 11.5 Å². The van der Waals surface area contributed by atoms with Gasteiger partial charge in [-0.3, -0.25) is 4.98 Å². The van der Waals surface area contributed by atoms with Gasteiger partial charge in [0, 0.05) is 36.0 Å². The Labute approximate surface area is 175 Å². The molecule has 0 saturated carbocycles. The maximum atomic E-state index is 6.15. The Balaban J connectivity index is 1.45. The number of pyridine rings is 1. The van der Waals surface area contributed by atoms with Gasteiger partial charge < -0.3 is 24.0 Å². The van der Waals surface area contributed by atoms with E-state index in [1.807, 2.05) is 24.4 Å². The van der Waals surface area contributed by atoms with E-state index < -0.39 is 8.32 Å². The fraction of sp³-hybridized carbons (Fsp3) is 0.591. The molecule has 0 saturated heterocycles. The third-order valence-electron chi connectivity index (χ3n) is 5.83. The fourth-order valence-electron chi connectivity index (χ4n) is 2.93. The summed E-state index contributed by atoms with van der Waals surface area (Å²) in [5, 5.41) is 4.84. The Kier molecular flexibility index (Phi) is 6.71. The average Bonchev–Trinajstić information content (AvgIpc) is 3.09. The molecular formula is C22H34N2O4Si. The van der Waals surface area contributed by atoms with E-state index in [0.717, 1.165) is 34.5 Å². The minimum atomic E-state index is -1.69. The van der Waals surface area contributed by atoms with Crippen LogP contribution in [0.25, 0.3) is 10.9 Å². The van der Waals surface area contributed by atoms with E-state index in [4.69, 9.17) is 18.6 Å². The highest BCUT2D eigenvalue weighted by Crippen LogP contribution is 2.38. The second kappa shape index (κ2) is 8.89. The molecule has 160 valence electrons. The number of rotatable bonds is 9. The van der Waals surface area contributed by atoms with Gasteiger partial charge in [0.05, 0.1) is 18.7 Å². The van der Waals surface area contributed by atoms with Crippen molar-refractivity contribution in [3.8, 4) is 11.5 Å². The Morgan fingerprint density at radius 3 is 2.59 bits per heavy atom. The zero-order valence-corrected chi connectivity index (χ0v) is 19.5. The van der Waals surface area contributed by atoms with Crippen LogP contribution in [0.4, 0.5) is 5.69 Å². The highest BCUT2D eigenvalue weighted by Gasteiger charge is 2.36. The van der Waals surface area contributed by atoms with E-state index in [1.54, 1.807) is 0 Å². The third-order valence-corrected chi connectivity index (χ3v) is 10.4. The molecule has 0 radical (unpaired) electrons. The van der Waals surface area contributed by atoms with E-state index in [0.29, 0.717) is 19.8 Å². The number of aromatic nitrogens is 1. The van der Waals surface area contributed by atoms with Crippen molar-refractivity contribution in [1.82, 2.24) is 4.98 Å². The van der Waals surface area contributed by atoms with Gasteiger partial charge in [-0.2, -0.15) is 0 Å². The van der Waals surface area contributed by atoms with Crippen molar-refractivity contribution >= 4 is 24.9 Å². The molecule has 3 rings (SSSR count). The molecule has 7 heteroatoms. The predicted octanol–water partition coefficient (Wildman–Crippen LogP) is 5.19. The number of fused-ring (bicyclic) bond motifs is 2. The van der Waals surface area contributed by atoms with Gasteiger partial charge in [-0.25, -0.2) is 0 Å². The molecule has 1 unspecified atom stereocenters. The molecular weight excluding hydrogens is 384 g/mol. The summed E-state index contributed by atoms with van der Waals surface area (Å²) in [4.78, 5) is 4.45. The number of ether oxygens (including phenoxy) is 3. The van der Waals surface area contributed by atoms with Gasteiger partial charge in [0.25, 0.3) is 0 Å². The second-order valence-corrected chi connectivity index (χ2v) is 13.9. The number of anilines is 1. The second-order valence-electron chi connectivity index (χ2n) is 9.14. The van der Waals surface area contributed by atoms with Crippen LogP contribution in [0.2, 0.25) is 18.1 Å². The number of hydrogen-bond donors (Lipinski definition) is 1. The van der Waals surface area contributed by atoms with Crippen molar-refractivity contribution in [2.24, 2.45) is 0 Å². The molecule has 1 aromatic carbocycles. The summed E-state index contributed by atoms with van der Waals surface area (Å²) in [5.74, 6) is 1.52. The van der Waals surface area contributed by atoms with Gasteiger partial charge >= 0.3 is 0 Å². The van der Waals surface area contributed by atoms with E-state index in [2.05, 4.69) is 51.1 Å². The van der Waals surface area contributed by atoms with E-state index in [1.165, 1.54) is 0 Å². The molecule has 0 fully saturated rings. The summed E-state index contributed by atoms with van der Waals surface area (Å²) >= 11 is 0. The van der Waals surface area contributed by atoms with Gasteiger partial charge in [0.2, 0.25) is 6.79 Å². The van der Waals surface area contributed by atoms with Crippen LogP contribution in [-0.2, 0) is 9.16 Å². The first-order valence-corrected chi connectivity index (χ1v) is 13.2. The fourth-order valence-corrected chi connectivity index (χ4v) is 3.96. The SMILES string of the molecule is CC(CCOCCO[Si](C)(C)C(C)(C)C)Nc1ccnc2cc3c(cc12)OCO3. The maximum absolute atomic E-state index is 6.15. The Morgan fingerprint density at radius 1 is 1.14 bits per heavy atom. The Hall–Kier alpha value is -1.83. The number of benzene rings is 1. The van der Waals surface area contributed by atoms with E-state index in [9.17, 15) is 0 Å². The molecule has 2 heterocycles. The molecule has 0 spiro atoms. The highest BCUT2D eigenvalue weighted by atomic mass is 28.4. The largest absolute Gasteiger partial charge is 0.454 e. The van der Waals surface area contributed by atoms with Crippen LogP contribution in [-0.4, -0.2) is 46.0 Å². The summed E-state index contributed by atoms with van der Waals surface area (Å²) in [6.45, 7) is 15.7. The van der Waals surface area contributed by atoms with Crippen LogP contribution in [0.3, 0.4) is 0 Å². The highest BCUT2D eigenvalue weighted by molar-refractivity contribution is 6.74. The number of hydrogen-bond acceptors (Lipinski definition) is 6. The topological polar surface area (TPSA) is 61.8 Å². The monoisotopic (exact) mass is 418 g/mol. The van der Waals surface area contributed by atoms with Crippen molar-refractivity contribution in [3.05, 3.63) is 24.4 Å². The van der Waals surface area contributed by atoms with Crippen molar-refractivity contribution in [1.29, 1.82) is 0 Å². The molecule has 0 bridgehead atoms.